The van der Waals surface area contributed by atoms with Gasteiger partial charge in [0.05, 0.1) is 12.6 Å². The number of methoxy groups -OCH3 is 1. The lowest BCUT2D eigenvalue weighted by molar-refractivity contribution is 0.0596. The molecular formula is C9H7N5O2. The fraction of sp³-hybridized carbons (Fsp3) is 0.111. The number of fused-ring (bicyclic) bond motifs is 1. The number of azide groups is 1. The number of nitrogens with zero attached hydrogens (tertiary/aromatic N) is 4. The first-order chi connectivity index (χ1) is 7.77. The number of ether oxygens (including phenoxy) is 1. The van der Waals surface area contributed by atoms with Gasteiger partial charge in [0.1, 0.15) is 0 Å². The molecule has 0 radical (unpaired) electrons. The van der Waals surface area contributed by atoms with Crippen LogP contribution in [0.4, 0.5) is 5.69 Å². The third kappa shape index (κ3) is 1.45. The Morgan fingerprint density at radius 1 is 1.62 bits per heavy atom. The van der Waals surface area contributed by atoms with Crippen LogP contribution in [0.3, 0.4) is 0 Å². The van der Waals surface area contributed by atoms with E-state index < -0.39 is 5.97 Å². The Kier molecular flexibility index (Phi) is 2.45. The van der Waals surface area contributed by atoms with Crippen LogP contribution in [0.1, 0.15) is 10.5 Å². The van der Waals surface area contributed by atoms with Crippen molar-refractivity contribution in [3.05, 3.63) is 34.3 Å². The monoisotopic (exact) mass is 217 g/mol. The van der Waals surface area contributed by atoms with Crippen LogP contribution in [0.15, 0.2) is 23.3 Å². The van der Waals surface area contributed by atoms with E-state index in [1.807, 2.05) is 0 Å². The maximum Gasteiger partial charge on any atom is 0.359 e. The first kappa shape index (κ1) is 10.0. The average Bonchev–Trinajstić information content (AvgIpc) is 2.73. The summed E-state index contributed by atoms with van der Waals surface area (Å²) in [6.45, 7) is 0. The van der Waals surface area contributed by atoms with Crippen LogP contribution in [0.25, 0.3) is 21.3 Å². The summed E-state index contributed by atoms with van der Waals surface area (Å²) >= 11 is 0. The largest absolute Gasteiger partial charge is 0.464 e. The lowest BCUT2D eigenvalue weighted by atomic mass is 10.2. The lowest BCUT2D eigenvalue weighted by Gasteiger charge is -1.97. The topological polar surface area (TPSA) is 104 Å². The first-order valence-electron chi connectivity index (χ1n) is 4.38. The van der Waals surface area contributed by atoms with E-state index in [1.165, 1.54) is 7.11 Å². The van der Waals surface area contributed by atoms with Crippen LogP contribution in [-0.4, -0.2) is 23.3 Å². The van der Waals surface area contributed by atoms with Gasteiger partial charge in [-0.3, -0.25) is 5.10 Å². The number of esters is 1. The number of benzene rings is 1. The highest BCUT2D eigenvalue weighted by molar-refractivity contribution is 6.06. The summed E-state index contributed by atoms with van der Waals surface area (Å²) in [7, 11) is 1.26. The third-order valence-corrected chi connectivity index (χ3v) is 2.10. The number of H-pyrrole nitrogens is 1. The van der Waals surface area contributed by atoms with Gasteiger partial charge in [-0.05, 0) is 11.6 Å². The van der Waals surface area contributed by atoms with E-state index in [9.17, 15) is 4.79 Å². The number of carbonyl (C=O) groups is 1. The van der Waals surface area contributed by atoms with E-state index in [1.54, 1.807) is 18.2 Å². The predicted molar refractivity (Wildman–Crippen MR) is 56.2 cm³/mol. The standard InChI is InChI=1S/C9H7N5O2/c1-16-9(15)8-7-5(11-13-8)3-2-4-6(7)12-14-10/h2-4H,1H3,(H,11,13). The number of aromatic amines is 1. The van der Waals surface area contributed by atoms with Gasteiger partial charge in [0.15, 0.2) is 5.69 Å². The molecule has 7 nitrogen and oxygen atoms in total. The van der Waals surface area contributed by atoms with E-state index in [2.05, 4.69) is 25.0 Å². The summed E-state index contributed by atoms with van der Waals surface area (Å²) in [6.07, 6.45) is 0. The Balaban J connectivity index is 2.77. The van der Waals surface area contributed by atoms with Gasteiger partial charge in [0.25, 0.3) is 0 Å². The molecule has 0 saturated heterocycles. The molecule has 0 saturated carbocycles. The average molecular weight is 217 g/mol. The van der Waals surface area contributed by atoms with Crippen LogP contribution in [0, 0.1) is 0 Å². The van der Waals surface area contributed by atoms with Crippen molar-refractivity contribution < 1.29 is 9.53 Å². The highest BCUT2D eigenvalue weighted by Gasteiger charge is 2.16. The molecule has 0 aliphatic heterocycles. The lowest BCUT2D eigenvalue weighted by Crippen LogP contribution is -2.01. The van der Waals surface area contributed by atoms with Gasteiger partial charge in [-0.2, -0.15) is 5.10 Å². The Hall–Kier alpha value is -2.53. The van der Waals surface area contributed by atoms with E-state index in [-0.39, 0.29) is 5.69 Å². The molecule has 2 rings (SSSR count). The number of hydrogen-bond donors (Lipinski definition) is 1. The van der Waals surface area contributed by atoms with Crippen molar-refractivity contribution in [2.75, 3.05) is 7.11 Å². The molecule has 16 heavy (non-hydrogen) atoms. The van der Waals surface area contributed by atoms with E-state index in [4.69, 9.17) is 5.53 Å². The van der Waals surface area contributed by atoms with E-state index in [0.29, 0.717) is 16.6 Å². The highest BCUT2D eigenvalue weighted by atomic mass is 16.5. The molecule has 1 N–H and O–H groups in total. The van der Waals surface area contributed by atoms with E-state index in [0.717, 1.165) is 0 Å². The number of rotatable bonds is 2. The number of carbonyl (C=O) groups excluding carboxylic acids is 1. The van der Waals surface area contributed by atoms with Crippen molar-refractivity contribution in [2.24, 2.45) is 5.11 Å². The van der Waals surface area contributed by atoms with Crippen molar-refractivity contribution in [3.63, 3.8) is 0 Å². The van der Waals surface area contributed by atoms with Crippen molar-refractivity contribution in [3.8, 4) is 0 Å². The predicted octanol–water partition coefficient (Wildman–Crippen LogP) is 2.29. The van der Waals surface area contributed by atoms with Gasteiger partial charge in [0.2, 0.25) is 0 Å². The molecule has 0 spiro atoms. The smallest absolute Gasteiger partial charge is 0.359 e. The molecule has 1 aromatic carbocycles. The summed E-state index contributed by atoms with van der Waals surface area (Å²) < 4.78 is 4.58. The fourth-order valence-corrected chi connectivity index (χ4v) is 1.43. The third-order valence-electron chi connectivity index (χ3n) is 2.10. The summed E-state index contributed by atoms with van der Waals surface area (Å²) in [5, 5.41) is 10.5. The van der Waals surface area contributed by atoms with Gasteiger partial charge >= 0.3 is 5.97 Å². The number of hydrogen-bond acceptors (Lipinski definition) is 4. The Labute approximate surface area is 89.6 Å². The minimum Gasteiger partial charge on any atom is -0.464 e. The normalized spacial score (nSPS) is 9.81. The zero-order chi connectivity index (χ0) is 11.5. The van der Waals surface area contributed by atoms with Crippen molar-refractivity contribution in [1.82, 2.24) is 10.2 Å². The van der Waals surface area contributed by atoms with E-state index >= 15 is 0 Å². The van der Waals surface area contributed by atoms with Crippen LogP contribution >= 0.6 is 0 Å². The van der Waals surface area contributed by atoms with Crippen molar-refractivity contribution >= 4 is 22.6 Å². The zero-order valence-corrected chi connectivity index (χ0v) is 8.34. The van der Waals surface area contributed by atoms with Gasteiger partial charge in [-0.15, -0.1) is 0 Å². The molecule has 0 amide bonds. The van der Waals surface area contributed by atoms with Crippen LogP contribution in [0.2, 0.25) is 0 Å². The Bertz CT molecular complexity index is 597. The van der Waals surface area contributed by atoms with Crippen LogP contribution in [0.5, 0.6) is 0 Å². The van der Waals surface area contributed by atoms with Gasteiger partial charge < -0.3 is 4.74 Å². The second-order valence-electron chi connectivity index (χ2n) is 2.95. The summed E-state index contributed by atoms with van der Waals surface area (Å²) in [6, 6.07) is 5.03. The zero-order valence-electron chi connectivity index (χ0n) is 8.34. The molecule has 80 valence electrons. The van der Waals surface area contributed by atoms with Gasteiger partial charge in [0, 0.05) is 16.0 Å². The van der Waals surface area contributed by atoms with Crippen LogP contribution in [-0.2, 0) is 4.74 Å². The SMILES string of the molecule is COC(=O)c1n[nH]c2cccc(N=[N+]=[N-])c12. The summed E-state index contributed by atoms with van der Waals surface area (Å²) in [5.41, 5.74) is 9.48. The molecule has 1 heterocycles. The highest BCUT2D eigenvalue weighted by Crippen LogP contribution is 2.27. The second kappa shape index (κ2) is 3.92. The Morgan fingerprint density at radius 3 is 3.12 bits per heavy atom. The molecule has 2 aromatic rings. The molecule has 0 aliphatic rings. The molecular weight excluding hydrogens is 210 g/mol. The molecule has 1 aromatic heterocycles. The maximum absolute atomic E-state index is 11.4. The Morgan fingerprint density at radius 2 is 2.44 bits per heavy atom. The van der Waals surface area contributed by atoms with Gasteiger partial charge in [-0.1, -0.05) is 17.2 Å². The molecule has 7 heteroatoms. The molecule has 0 bridgehead atoms. The fourth-order valence-electron chi connectivity index (χ4n) is 1.43. The summed E-state index contributed by atoms with van der Waals surface area (Å²) in [4.78, 5) is 14.1. The summed E-state index contributed by atoms with van der Waals surface area (Å²) in [5.74, 6) is -0.577. The first-order valence-corrected chi connectivity index (χ1v) is 4.38. The molecule has 0 aliphatic carbocycles. The van der Waals surface area contributed by atoms with Gasteiger partial charge in [-0.25, -0.2) is 4.79 Å². The number of nitrogens with one attached hydrogen (secondary N) is 1. The molecule has 0 unspecified atom stereocenters. The maximum atomic E-state index is 11.4. The van der Waals surface area contributed by atoms with Crippen molar-refractivity contribution in [2.45, 2.75) is 0 Å². The number of aromatic nitrogens is 2. The molecule has 0 fully saturated rings. The quantitative estimate of drug-likeness (QED) is 0.361. The minimum absolute atomic E-state index is 0.112. The van der Waals surface area contributed by atoms with Crippen LogP contribution < -0.4 is 0 Å². The second-order valence-corrected chi connectivity index (χ2v) is 2.95. The molecule has 0 atom stereocenters. The van der Waals surface area contributed by atoms with Crippen molar-refractivity contribution in [1.29, 1.82) is 0 Å². The minimum atomic E-state index is -0.577.